The lowest BCUT2D eigenvalue weighted by atomic mass is 9.89. The second kappa shape index (κ2) is 8.52. The summed E-state index contributed by atoms with van der Waals surface area (Å²) in [5.74, 6) is -1.38. The van der Waals surface area contributed by atoms with Gasteiger partial charge in [0, 0.05) is 36.9 Å². The molecule has 1 aromatic heterocycles. The zero-order valence-electron chi connectivity index (χ0n) is 16.6. The largest absolute Gasteiger partial charge is 0.418 e. The van der Waals surface area contributed by atoms with Crippen LogP contribution in [0.1, 0.15) is 18.9 Å². The minimum atomic E-state index is -4.83. The van der Waals surface area contributed by atoms with Crippen LogP contribution in [0.5, 0.6) is 0 Å². The number of nitrogens with one attached hydrogen (secondary N) is 1. The summed E-state index contributed by atoms with van der Waals surface area (Å²) in [5, 5.41) is 2.59. The third kappa shape index (κ3) is 5.20. The van der Waals surface area contributed by atoms with Gasteiger partial charge in [-0.25, -0.2) is 0 Å². The first-order valence-electron chi connectivity index (χ1n) is 9.67. The highest BCUT2D eigenvalue weighted by molar-refractivity contribution is 5.94. The number of anilines is 1. The number of piperidine rings is 1. The van der Waals surface area contributed by atoms with Crippen molar-refractivity contribution in [2.75, 3.05) is 24.5 Å². The minimum Gasteiger partial charge on any atom is -0.370 e. The van der Waals surface area contributed by atoms with Crippen LogP contribution in [-0.4, -0.2) is 42.7 Å². The lowest BCUT2D eigenvalue weighted by Gasteiger charge is -2.38. The van der Waals surface area contributed by atoms with Crippen LogP contribution >= 0.6 is 0 Å². The number of hydrogen-bond acceptors (Lipinski definition) is 4. The monoisotopic (exact) mass is 448 g/mol. The lowest BCUT2D eigenvalue weighted by Crippen LogP contribution is -2.52. The second-order valence-electron chi connectivity index (χ2n) is 7.91. The van der Waals surface area contributed by atoms with Crippen LogP contribution < -0.4 is 16.0 Å². The van der Waals surface area contributed by atoms with E-state index in [0.717, 1.165) is 6.07 Å². The number of nitrogens with zero attached hydrogens (tertiary/aromatic N) is 2. The van der Waals surface area contributed by atoms with Crippen molar-refractivity contribution in [3.05, 3.63) is 36.0 Å². The van der Waals surface area contributed by atoms with E-state index in [1.807, 2.05) is 11.8 Å². The molecule has 3 N–H and O–H groups in total. The maximum atomic E-state index is 13.4. The Morgan fingerprint density at radius 2 is 1.94 bits per heavy atom. The highest BCUT2D eigenvalue weighted by Crippen LogP contribution is 2.38. The van der Waals surface area contributed by atoms with E-state index in [1.165, 1.54) is 12.3 Å². The normalized spacial score (nSPS) is 21.2. The molecule has 3 rings (SSSR count). The van der Waals surface area contributed by atoms with Crippen LogP contribution in [-0.2, 0) is 11.0 Å². The van der Waals surface area contributed by atoms with Gasteiger partial charge in [-0.05, 0) is 42.5 Å². The molecule has 3 atom stereocenters. The number of halogens is 6. The molecule has 1 aliphatic heterocycles. The third-order valence-electron chi connectivity index (χ3n) is 5.34. The van der Waals surface area contributed by atoms with Crippen molar-refractivity contribution >= 4 is 22.5 Å². The van der Waals surface area contributed by atoms with Crippen LogP contribution in [0, 0.1) is 11.8 Å². The summed E-state index contributed by atoms with van der Waals surface area (Å²) < 4.78 is 77.9. The van der Waals surface area contributed by atoms with Crippen molar-refractivity contribution in [2.24, 2.45) is 17.6 Å². The summed E-state index contributed by atoms with van der Waals surface area (Å²) in [5.41, 5.74) is 4.49. The van der Waals surface area contributed by atoms with Crippen molar-refractivity contribution < 1.29 is 31.1 Å². The summed E-state index contributed by atoms with van der Waals surface area (Å²) in [7, 11) is 0. The Hall–Kier alpha value is -2.56. The molecule has 0 spiro atoms. The van der Waals surface area contributed by atoms with Gasteiger partial charge in [0.2, 0.25) is 5.91 Å². The van der Waals surface area contributed by atoms with Crippen LogP contribution in [0.2, 0.25) is 0 Å². The Morgan fingerprint density at radius 3 is 2.58 bits per heavy atom. The number of carbonyl (C=O) groups excluding carboxylic acids is 1. The predicted octanol–water partition coefficient (Wildman–Crippen LogP) is 3.72. The van der Waals surface area contributed by atoms with Crippen LogP contribution in [0.3, 0.4) is 0 Å². The first kappa shape index (κ1) is 23.1. The van der Waals surface area contributed by atoms with E-state index in [9.17, 15) is 31.1 Å². The van der Waals surface area contributed by atoms with Crippen LogP contribution in [0.4, 0.5) is 32.0 Å². The number of carbonyl (C=O) groups is 1. The molecule has 1 aliphatic rings. The zero-order valence-corrected chi connectivity index (χ0v) is 16.6. The maximum absolute atomic E-state index is 13.4. The minimum absolute atomic E-state index is 0.0136. The Labute approximate surface area is 174 Å². The molecule has 0 bridgehead atoms. The van der Waals surface area contributed by atoms with Crippen molar-refractivity contribution in [3.63, 3.8) is 0 Å². The second-order valence-corrected chi connectivity index (χ2v) is 7.91. The third-order valence-corrected chi connectivity index (χ3v) is 5.34. The zero-order chi connectivity index (χ0) is 23.0. The highest BCUT2D eigenvalue weighted by atomic mass is 19.4. The number of amides is 1. The van der Waals surface area contributed by atoms with Gasteiger partial charge in [0.05, 0.1) is 11.1 Å². The predicted molar refractivity (Wildman–Crippen MR) is 103 cm³/mol. The summed E-state index contributed by atoms with van der Waals surface area (Å²) >= 11 is 0. The number of hydrogen-bond donors (Lipinski definition) is 2. The fourth-order valence-electron chi connectivity index (χ4n) is 3.99. The van der Waals surface area contributed by atoms with Gasteiger partial charge in [-0.1, -0.05) is 6.92 Å². The Kier molecular flexibility index (Phi) is 6.35. The molecule has 2 heterocycles. The van der Waals surface area contributed by atoms with E-state index < -0.39 is 29.9 Å². The first-order chi connectivity index (χ1) is 14.4. The molecular formula is C20H22F6N4O. The topological polar surface area (TPSA) is 71.2 Å². The number of benzene rings is 1. The quantitative estimate of drug-likeness (QED) is 0.700. The molecule has 0 radical (unpaired) electrons. The van der Waals surface area contributed by atoms with Gasteiger partial charge in [0.25, 0.3) is 0 Å². The average molecular weight is 448 g/mol. The Balaban J connectivity index is 1.81. The molecule has 1 saturated heterocycles. The molecule has 31 heavy (non-hydrogen) atoms. The fourth-order valence-corrected chi connectivity index (χ4v) is 3.99. The molecule has 5 nitrogen and oxygen atoms in total. The van der Waals surface area contributed by atoms with Gasteiger partial charge in [-0.2, -0.15) is 26.3 Å². The van der Waals surface area contributed by atoms with E-state index in [4.69, 9.17) is 5.73 Å². The summed E-state index contributed by atoms with van der Waals surface area (Å²) in [6.07, 6.45) is -7.44. The van der Waals surface area contributed by atoms with Crippen LogP contribution in [0.15, 0.2) is 30.5 Å². The molecule has 1 unspecified atom stereocenters. The number of aromatic nitrogens is 1. The van der Waals surface area contributed by atoms with E-state index in [1.54, 1.807) is 12.1 Å². The first-order valence-corrected chi connectivity index (χ1v) is 9.67. The maximum Gasteiger partial charge on any atom is 0.418 e. The molecule has 1 aromatic carbocycles. The molecule has 0 aliphatic carbocycles. The number of nitrogens with two attached hydrogens (primary N) is 1. The van der Waals surface area contributed by atoms with Crippen molar-refractivity contribution in [2.45, 2.75) is 31.7 Å². The van der Waals surface area contributed by atoms with Crippen molar-refractivity contribution in [1.82, 2.24) is 10.3 Å². The summed E-state index contributed by atoms with van der Waals surface area (Å²) in [6, 6.07) is 2.89. The van der Waals surface area contributed by atoms with Gasteiger partial charge >= 0.3 is 12.4 Å². The van der Waals surface area contributed by atoms with Gasteiger partial charge in [-0.15, -0.1) is 0 Å². The van der Waals surface area contributed by atoms with Crippen LogP contribution in [0.25, 0.3) is 10.9 Å². The number of pyridine rings is 1. The summed E-state index contributed by atoms with van der Waals surface area (Å²) in [6.45, 7) is 2.84. The molecule has 2 aromatic rings. The summed E-state index contributed by atoms with van der Waals surface area (Å²) in [4.78, 5) is 17.5. The molecule has 0 saturated carbocycles. The van der Waals surface area contributed by atoms with E-state index in [-0.39, 0.29) is 23.9 Å². The Bertz CT molecular complexity index is 945. The standard InChI is InChI=1S/C20H22F6N4O/c1-11-7-12(8-29-18(31)17(27)20(24,25)26)10-30(9-11)15-5-4-14(19(21,22)23)16-13(15)3-2-6-28-16/h2-6,11-12,17H,7-10,27H2,1H3,(H,29,31)/t11-,12-,17?/m0/s1. The molecular weight excluding hydrogens is 426 g/mol. The fraction of sp³-hybridized carbons (Fsp3) is 0.500. The number of alkyl halides is 6. The van der Waals surface area contributed by atoms with E-state index in [2.05, 4.69) is 10.3 Å². The smallest absolute Gasteiger partial charge is 0.370 e. The lowest BCUT2D eigenvalue weighted by molar-refractivity contribution is -0.163. The van der Waals surface area contributed by atoms with Gasteiger partial charge in [0.15, 0.2) is 6.04 Å². The molecule has 1 fully saturated rings. The van der Waals surface area contributed by atoms with Crippen molar-refractivity contribution in [1.29, 1.82) is 0 Å². The molecule has 170 valence electrons. The SMILES string of the molecule is C[C@H]1C[C@@H](CNC(=O)C(N)C(F)(F)F)CN(c2ccc(C(F)(F)F)c3ncccc23)C1. The molecule has 1 amide bonds. The highest BCUT2D eigenvalue weighted by Gasteiger charge is 2.42. The van der Waals surface area contributed by atoms with Gasteiger partial charge in [0.1, 0.15) is 0 Å². The average Bonchev–Trinajstić information content (AvgIpc) is 2.68. The van der Waals surface area contributed by atoms with Crippen molar-refractivity contribution in [3.8, 4) is 0 Å². The number of fused-ring (bicyclic) bond motifs is 1. The van der Waals surface area contributed by atoms with E-state index >= 15 is 0 Å². The Morgan fingerprint density at radius 1 is 1.23 bits per heavy atom. The molecule has 11 heteroatoms. The van der Waals surface area contributed by atoms with Gasteiger partial charge in [-0.3, -0.25) is 9.78 Å². The van der Waals surface area contributed by atoms with E-state index in [0.29, 0.717) is 30.6 Å². The number of rotatable bonds is 4. The van der Waals surface area contributed by atoms with Gasteiger partial charge < -0.3 is 16.0 Å².